The Morgan fingerprint density at radius 1 is 0.806 bits per heavy atom. The lowest BCUT2D eigenvalue weighted by Crippen LogP contribution is -2.29. The van der Waals surface area contributed by atoms with E-state index in [0.717, 1.165) is 18.2 Å². The molecule has 1 heterocycles. The van der Waals surface area contributed by atoms with Gasteiger partial charge in [-0.25, -0.2) is 0 Å². The van der Waals surface area contributed by atoms with Crippen LogP contribution in [0, 0.1) is 10.1 Å². The van der Waals surface area contributed by atoms with Gasteiger partial charge in [0.1, 0.15) is 5.52 Å². The summed E-state index contributed by atoms with van der Waals surface area (Å²) in [5.74, 6) is 0. The van der Waals surface area contributed by atoms with Crippen molar-refractivity contribution < 1.29 is 31.3 Å². The number of hydrogen-bond acceptors (Lipinski definition) is 6. The second-order valence-electron chi connectivity index (χ2n) is 5.92. The van der Waals surface area contributed by atoms with E-state index >= 15 is 0 Å². The van der Waals surface area contributed by atoms with Gasteiger partial charge in [0.15, 0.2) is 0 Å². The van der Waals surface area contributed by atoms with Gasteiger partial charge in [-0.15, -0.1) is 0 Å². The molecule has 3 aromatic rings. The van der Waals surface area contributed by atoms with Gasteiger partial charge in [0.2, 0.25) is 0 Å². The third-order valence-electron chi connectivity index (χ3n) is 3.75. The fourth-order valence-corrected chi connectivity index (χ4v) is 2.26. The Balaban J connectivity index is 0.000000245. The topological polar surface area (TPSA) is 161 Å². The van der Waals surface area contributed by atoms with Gasteiger partial charge in [0, 0.05) is 6.07 Å². The molecule has 15 heteroatoms. The number of aromatic nitrogens is 2. The van der Waals surface area contributed by atoms with Crippen LogP contribution in [0.25, 0.3) is 11.0 Å². The largest absolute Gasteiger partial charge is 0.416 e. The molecule has 31 heavy (non-hydrogen) atoms. The van der Waals surface area contributed by atoms with Crippen LogP contribution >= 0.6 is 0 Å². The van der Waals surface area contributed by atoms with Crippen LogP contribution in [0.4, 0.5) is 43.4 Å². The Morgan fingerprint density at radius 3 is 1.84 bits per heavy atom. The molecule has 0 aliphatic carbocycles. The zero-order valence-electron chi connectivity index (χ0n) is 14.9. The molecular formula is C16H11F6N5O4. The summed E-state index contributed by atoms with van der Waals surface area (Å²) in [6, 6.07) is 3.65. The Morgan fingerprint density at radius 2 is 1.35 bits per heavy atom. The van der Waals surface area contributed by atoms with Gasteiger partial charge in [-0.3, -0.25) is 19.7 Å². The average molecular weight is 451 g/mol. The third kappa shape index (κ3) is 5.31. The van der Waals surface area contributed by atoms with E-state index in [4.69, 9.17) is 11.5 Å². The van der Waals surface area contributed by atoms with Crippen molar-refractivity contribution in [1.82, 2.24) is 9.97 Å². The number of hydrogen-bond donors (Lipinski definition) is 4. The molecule has 1 aromatic heterocycles. The lowest BCUT2D eigenvalue weighted by atomic mass is 10.1. The average Bonchev–Trinajstić information content (AvgIpc) is 2.63. The van der Waals surface area contributed by atoms with Gasteiger partial charge in [-0.2, -0.15) is 26.3 Å². The normalized spacial score (nSPS) is 11.7. The second-order valence-corrected chi connectivity index (χ2v) is 5.92. The molecule has 0 radical (unpaired) electrons. The fraction of sp³-hybridized carbons (Fsp3) is 0.125. The summed E-state index contributed by atoms with van der Waals surface area (Å²) in [4.78, 5) is 35.4. The predicted octanol–water partition coefficient (Wildman–Crippen LogP) is 3.01. The number of nitrogen functional groups attached to an aromatic ring is 2. The highest BCUT2D eigenvalue weighted by Gasteiger charge is 2.34. The number of benzene rings is 2. The highest BCUT2D eigenvalue weighted by atomic mass is 19.4. The molecule has 0 fully saturated rings. The van der Waals surface area contributed by atoms with Crippen molar-refractivity contribution in [3.8, 4) is 0 Å². The van der Waals surface area contributed by atoms with Crippen LogP contribution in [0.1, 0.15) is 11.1 Å². The van der Waals surface area contributed by atoms with Crippen LogP contribution in [0.3, 0.4) is 0 Å². The lowest BCUT2D eigenvalue weighted by Gasteiger charge is -2.07. The highest BCUT2D eigenvalue weighted by Crippen LogP contribution is 2.34. The number of non-ortho nitro benzene ring substituents is 1. The Labute approximate surface area is 166 Å². The van der Waals surface area contributed by atoms with Crippen molar-refractivity contribution in [3.63, 3.8) is 0 Å². The number of alkyl halides is 6. The van der Waals surface area contributed by atoms with E-state index in [1.807, 2.05) is 9.97 Å². The van der Waals surface area contributed by atoms with Crippen molar-refractivity contribution in [2.45, 2.75) is 12.4 Å². The number of rotatable bonds is 1. The number of nitrogens with two attached hydrogens (primary N) is 2. The van der Waals surface area contributed by atoms with Gasteiger partial charge >= 0.3 is 23.5 Å². The monoisotopic (exact) mass is 451 g/mol. The quantitative estimate of drug-likeness (QED) is 0.146. The second kappa shape index (κ2) is 8.00. The summed E-state index contributed by atoms with van der Waals surface area (Å²) in [5.41, 5.74) is 4.20. The van der Waals surface area contributed by atoms with E-state index < -0.39 is 56.2 Å². The van der Waals surface area contributed by atoms with Gasteiger partial charge < -0.3 is 21.4 Å². The van der Waals surface area contributed by atoms with Gasteiger partial charge in [-0.05, 0) is 24.3 Å². The Bertz CT molecular complexity index is 1260. The number of halogens is 6. The number of fused-ring (bicyclic) bond motifs is 1. The van der Waals surface area contributed by atoms with E-state index in [-0.39, 0.29) is 17.4 Å². The smallest absolute Gasteiger partial charge is 0.397 e. The number of nitro groups is 1. The SMILES string of the molecule is Nc1ccc(C(F)(F)F)cc1N.O=c1[nH]c2cc(C(F)(F)F)cc([N+](=O)[O-])c2[nH]c1=O. The molecule has 0 aliphatic heterocycles. The molecule has 0 saturated heterocycles. The zero-order valence-corrected chi connectivity index (χ0v) is 14.9. The minimum atomic E-state index is -4.81. The fourth-order valence-electron chi connectivity index (χ4n) is 2.26. The first kappa shape index (κ1) is 23.2. The van der Waals surface area contributed by atoms with Crippen molar-refractivity contribution in [2.75, 3.05) is 11.5 Å². The molecular weight excluding hydrogens is 440 g/mol. The standard InChI is InChI=1S/C9H4F3N3O4.C7H7F3N2/c10-9(11,12)3-1-4-6(5(2-3)15(18)19)14-8(17)7(16)13-4;8-7(9,10)4-1-2-5(11)6(12)3-4/h1-2H,(H,13,16)(H,14,17);1-3H,11-12H2. The summed E-state index contributed by atoms with van der Waals surface area (Å²) < 4.78 is 73.7. The van der Waals surface area contributed by atoms with Crippen LogP contribution in [0.5, 0.6) is 0 Å². The molecule has 0 unspecified atom stereocenters. The Kier molecular flexibility index (Phi) is 6.00. The van der Waals surface area contributed by atoms with E-state index in [9.17, 15) is 46.0 Å². The molecule has 0 aliphatic rings. The van der Waals surface area contributed by atoms with Crippen LogP contribution < -0.4 is 22.6 Å². The zero-order chi connectivity index (χ0) is 23.7. The molecule has 3 rings (SSSR count). The molecule has 6 N–H and O–H groups in total. The number of anilines is 2. The number of nitrogens with zero attached hydrogens (tertiary/aromatic N) is 1. The molecule has 0 saturated carbocycles. The first-order valence-corrected chi connectivity index (χ1v) is 7.85. The first-order valence-electron chi connectivity index (χ1n) is 7.85. The molecule has 0 atom stereocenters. The Hall–Kier alpha value is -4.04. The van der Waals surface area contributed by atoms with Crippen molar-refractivity contribution in [3.05, 3.63) is 72.3 Å². The molecule has 0 bridgehead atoms. The highest BCUT2D eigenvalue weighted by molar-refractivity contribution is 5.84. The van der Waals surface area contributed by atoms with Gasteiger partial charge in [-0.1, -0.05) is 0 Å². The maximum Gasteiger partial charge on any atom is 0.416 e. The summed E-state index contributed by atoms with van der Waals surface area (Å²) >= 11 is 0. The number of aromatic amines is 2. The van der Waals surface area contributed by atoms with Crippen molar-refractivity contribution in [2.24, 2.45) is 0 Å². The predicted molar refractivity (Wildman–Crippen MR) is 97.1 cm³/mol. The summed E-state index contributed by atoms with van der Waals surface area (Å²) in [5, 5.41) is 10.7. The minimum absolute atomic E-state index is 0.0511. The van der Waals surface area contributed by atoms with E-state index in [2.05, 4.69) is 0 Å². The van der Waals surface area contributed by atoms with E-state index in [1.54, 1.807) is 0 Å². The maximum atomic E-state index is 12.6. The van der Waals surface area contributed by atoms with E-state index in [0.29, 0.717) is 6.07 Å². The van der Waals surface area contributed by atoms with Crippen molar-refractivity contribution in [1.29, 1.82) is 0 Å². The summed E-state index contributed by atoms with van der Waals surface area (Å²) in [7, 11) is 0. The molecule has 2 aromatic carbocycles. The van der Waals surface area contributed by atoms with Crippen LogP contribution in [0.2, 0.25) is 0 Å². The van der Waals surface area contributed by atoms with Crippen LogP contribution in [-0.4, -0.2) is 14.9 Å². The van der Waals surface area contributed by atoms with Gasteiger partial charge in [0.25, 0.3) is 5.69 Å². The molecule has 0 spiro atoms. The van der Waals surface area contributed by atoms with Crippen molar-refractivity contribution >= 4 is 28.1 Å². The maximum absolute atomic E-state index is 12.6. The third-order valence-corrected chi connectivity index (χ3v) is 3.75. The summed E-state index contributed by atoms with van der Waals surface area (Å²) in [6.07, 6.45) is -9.17. The minimum Gasteiger partial charge on any atom is -0.397 e. The van der Waals surface area contributed by atoms with Crippen LogP contribution in [-0.2, 0) is 12.4 Å². The van der Waals surface area contributed by atoms with Gasteiger partial charge in [0.05, 0.1) is 32.9 Å². The molecule has 9 nitrogen and oxygen atoms in total. The number of H-pyrrole nitrogens is 2. The van der Waals surface area contributed by atoms with Crippen LogP contribution in [0.15, 0.2) is 39.9 Å². The number of nitrogens with one attached hydrogen (secondary N) is 2. The molecule has 0 amide bonds. The lowest BCUT2D eigenvalue weighted by molar-refractivity contribution is -0.383. The number of nitro benzene ring substituents is 1. The van der Waals surface area contributed by atoms with E-state index in [1.165, 1.54) is 0 Å². The molecule has 166 valence electrons. The first-order chi connectivity index (χ1) is 14.1. The summed E-state index contributed by atoms with van der Waals surface area (Å²) in [6.45, 7) is 0.